The summed E-state index contributed by atoms with van der Waals surface area (Å²) in [6.07, 6.45) is 13.2. The van der Waals surface area contributed by atoms with Crippen LogP contribution >= 0.6 is 11.6 Å². The number of hydrogen-bond donors (Lipinski definition) is 0. The summed E-state index contributed by atoms with van der Waals surface area (Å²) in [5.74, 6) is 0.892. The van der Waals surface area contributed by atoms with Crippen LogP contribution in [0.2, 0.25) is 0 Å². The van der Waals surface area contributed by atoms with Gasteiger partial charge in [0, 0.05) is 59.8 Å². The van der Waals surface area contributed by atoms with E-state index in [9.17, 15) is 0 Å². The summed E-state index contributed by atoms with van der Waals surface area (Å²) >= 11 is 7.25. The number of rotatable bonds is 11. The van der Waals surface area contributed by atoms with Gasteiger partial charge in [0.25, 0.3) is 0 Å². The van der Waals surface area contributed by atoms with Gasteiger partial charge in [0.1, 0.15) is 12.4 Å². The zero-order chi connectivity index (χ0) is 34.1. The molecule has 0 spiro atoms. The van der Waals surface area contributed by atoms with Gasteiger partial charge < -0.3 is 19.1 Å². The first-order chi connectivity index (χ1) is 22.4. The highest BCUT2D eigenvalue weighted by Gasteiger charge is 2.45. The van der Waals surface area contributed by atoms with Gasteiger partial charge in [-0.2, -0.15) is 4.58 Å². The highest BCUT2D eigenvalue weighted by atomic mass is 35.5. The summed E-state index contributed by atoms with van der Waals surface area (Å²) in [7, 11) is 5.28. The van der Waals surface area contributed by atoms with Crippen molar-refractivity contribution in [1.29, 1.82) is 0 Å². The zero-order valence-electron chi connectivity index (χ0n) is 30.3. The molecule has 5 rings (SSSR count). The molecule has 47 heavy (non-hydrogen) atoms. The molecule has 3 aliphatic rings. The van der Waals surface area contributed by atoms with Crippen LogP contribution < -0.4 is 9.64 Å². The van der Waals surface area contributed by atoms with E-state index >= 15 is 0 Å². The first-order valence-corrected chi connectivity index (χ1v) is 17.5. The minimum Gasteiger partial charge on any atom is -0.497 e. The fourth-order valence-corrected chi connectivity index (χ4v) is 8.09. The summed E-state index contributed by atoms with van der Waals surface area (Å²) in [6, 6.07) is 9.05. The second kappa shape index (κ2) is 14.2. The van der Waals surface area contributed by atoms with Crippen molar-refractivity contribution in [2.75, 3.05) is 52.5 Å². The van der Waals surface area contributed by atoms with E-state index in [0.717, 1.165) is 49.6 Å². The Morgan fingerprint density at radius 3 is 2.30 bits per heavy atom. The monoisotopic (exact) mass is 657 g/mol. The van der Waals surface area contributed by atoms with Crippen molar-refractivity contribution in [1.82, 2.24) is 0 Å². The van der Waals surface area contributed by atoms with Gasteiger partial charge in [-0.05, 0) is 112 Å². The summed E-state index contributed by atoms with van der Waals surface area (Å²) in [5, 5.41) is 0.876. The fourth-order valence-electron chi connectivity index (χ4n) is 7.78. The summed E-state index contributed by atoms with van der Waals surface area (Å²) in [5.41, 5.74) is 13.8. The van der Waals surface area contributed by atoms with E-state index in [-0.39, 0.29) is 10.8 Å². The molecule has 2 aliphatic heterocycles. The zero-order valence-corrected chi connectivity index (χ0v) is 31.0. The molecule has 252 valence electrons. The highest BCUT2D eigenvalue weighted by molar-refractivity contribution is 6.32. The van der Waals surface area contributed by atoms with Crippen LogP contribution in [0.1, 0.15) is 81.7 Å². The molecule has 0 fully saturated rings. The van der Waals surface area contributed by atoms with Crippen LogP contribution in [0.5, 0.6) is 5.75 Å². The number of aryl methyl sites for hydroxylation is 3. The molecule has 0 unspecified atom stereocenters. The van der Waals surface area contributed by atoms with Crippen LogP contribution in [0.15, 0.2) is 70.4 Å². The molecule has 0 saturated heterocycles. The topological polar surface area (TPSA) is 33.9 Å². The van der Waals surface area contributed by atoms with Gasteiger partial charge in [-0.1, -0.05) is 44.5 Å². The molecule has 1 aliphatic carbocycles. The molecule has 0 bridgehead atoms. The third kappa shape index (κ3) is 6.51. The number of benzene rings is 2. The van der Waals surface area contributed by atoms with E-state index in [1.807, 2.05) is 0 Å². The van der Waals surface area contributed by atoms with Gasteiger partial charge in [-0.25, -0.2) is 0 Å². The first-order valence-electron chi connectivity index (χ1n) is 17.1. The molecular weight excluding hydrogens is 604 g/mol. The minimum absolute atomic E-state index is 0.129. The second-order valence-corrected chi connectivity index (χ2v) is 14.6. The van der Waals surface area contributed by atoms with Crippen LogP contribution in [-0.4, -0.2) is 57.9 Å². The van der Waals surface area contributed by atoms with E-state index < -0.39 is 0 Å². The van der Waals surface area contributed by atoms with Gasteiger partial charge >= 0.3 is 0 Å². The molecule has 0 amide bonds. The maximum absolute atomic E-state index is 7.25. The van der Waals surface area contributed by atoms with Crippen LogP contribution in [0.4, 0.5) is 11.4 Å². The summed E-state index contributed by atoms with van der Waals surface area (Å²) in [6.45, 7) is 18.8. The quantitative estimate of drug-likeness (QED) is 0.226. The first kappa shape index (κ1) is 35.2. The van der Waals surface area contributed by atoms with Gasteiger partial charge in [-0.3, -0.25) is 0 Å². The van der Waals surface area contributed by atoms with E-state index in [4.69, 9.17) is 25.8 Å². The van der Waals surface area contributed by atoms with E-state index in [2.05, 4.69) is 107 Å². The van der Waals surface area contributed by atoms with Gasteiger partial charge in [0.15, 0.2) is 12.3 Å². The lowest BCUT2D eigenvalue weighted by Gasteiger charge is -2.27. The maximum atomic E-state index is 7.25. The maximum Gasteiger partial charge on any atom is 0.212 e. The lowest BCUT2D eigenvalue weighted by atomic mass is 9.79. The number of fused-ring (bicyclic) bond motifs is 2. The number of hydrogen-bond acceptors (Lipinski definition) is 4. The van der Waals surface area contributed by atoms with Crippen molar-refractivity contribution >= 4 is 28.7 Å². The molecule has 2 aromatic rings. The Hall–Kier alpha value is -3.12. The van der Waals surface area contributed by atoms with Crippen LogP contribution in [0, 0.1) is 13.8 Å². The molecule has 0 N–H and O–H groups in total. The van der Waals surface area contributed by atoms with Crippen molar-refractivity contribution in [3.8, 4) is 5.75 Å². The SMILES string of the molecule is CCc1cc(C)c2c(c1)C(C)(C)C(/C=C/C1=C(Cl)C(=C/C=C3/N(CCOC)c4c(C)cc(OC)cc4C3(C)C)/CCC1)=[N+]2CCOC. The summed E-state index contributed by atoms with van der Waals surface area (Å²) < 4.78 is 19.2. The van der Waals surface area contributed by atoms with E-state index in [1.165, 1.54) is 61.7 Å². The lowest BCUT2D eigenvalue weighted by molar-refractivity contribution is -0.442. The summed E-state index contributed by atoms with van der Waals surface area (Å²) in [4.78, 5) is 2.42. The number of ether oxygens (including phenoxy) is 3. The predicted molar refractivity (Wildman–Crippen MR) is 197 cm³/mol. The number of anilines is 1. The normalized spacial score (nSPS) is 20.3. The largest absolute Gasteiger partial charge is 0.497 e. The minimum atomic E-state index is -0.200. The molecule has 0 radical (unpaired) electrons. The van der Waals surface area contributed by atoms with Gasteiger partial charge in [0.05, 0.1) is 19.1 Å². The Labute approximate surface area is 288 Å². The number of methoxy groups -OCH3 is 3. The van der Waals surface area contributed by atoms with Crippen LogP contribution in [-0.2, 0) is 26.7 Å². The Bertz CT molecular complexity index is 1690. The van der Waals surface area contributed by atoms with Crippen LogP contribution in [0.25, 0.3) is 0 Å². The molecule has 6 heteroatoms. The van der Waals surface area contributed by atoms with Gasteiger partial charge in [0.2, 0.25) is 5.69 Å². The highest BCUT2D eigenvalue weighted by Crippen LogP contribution is 2.51. The predicted octanol–water partition coefficient (Wildman–Crippen LogP) is 9.38. The smallest absolute Gasteiger partial charge is 0.212 e. The van der Waals surface area contributed by atoms with E-state index in [1.54, 1.807) is 21.3 Å². The van der Waals surface area contributed by atoms with E-state index in [0.29, 0.717) is 13.2 Å². The Balaban J connectivity index is 1.53. The van der Waals surface area contributed by atoms with Gasteiger partial charge in [-0.15, -0.1) is 0 Å². The molecule has 0 atom stereocenters. The molecule has 2 heterocycles. The van der Waals surface area contributed by atoms with Crippen molar-refractivity contribution < 1.29 is 18.8 Å². The number of allylic oxidation sites excluding steroid dienone is 8. The molecule has 0 aromatic heterocycles. The Kier molecular flexibility index (Phi) is 10.6. The van der Waals surface area contributed by atoms with Crippen molar-refractivity contribution in [2.45, 2.75) is 85.0 Å². The van der Waals surface area contributed by atoms with Crippen molar-refractivity contribution in [3.63, 3.8) is 0 Å². The lowest BCUT2D eigenvalue weighted by Crippen LogP contribution is -2.29. The third-order valence-corrected chi connectivity index (χ3v) is 10.9. The molecule has 5 nitrogen and oxygen atoms in total. The standard InChI is InChI=1S/C41H54ClN2O3/c1-11-29-23-27(2)38-33(25-29)40(4,5)35(43(38)19-21-45-8)17-15-30-13-12-14-31(37(30)42)16-18-36-41(6,7)34-26-32(47-10)24-28(3)39(34)44(36)20-22-46-9/h15-18,23-26H,11-14,19-22H2,1-10H3/q+1. The molecule has 0 saturated carbocycles. The molecular formula is C41H54ClN2O3+. The average molecular weight is 658 g/mol. The second-order valence-electron chi connectivity index (χ2n) is 14.2. The van der Waals surface area contributed by atoms with Crippen molar-refractivity contribution in [3.05, 3.63) is 98.3 Å². The Morgan fingerprint density at radius 1 is 0.872 bits per heavy atom. The fraction of sp³-hybridized carbons (Fsp3) is 0.488. The third-order valence-electron chi connectivity index (χ3n) is 10.4. The molecule has 2 aromatic carbocycles. The Morgan fingerprint density at radius 2 is 1.62 bits per heavy atom. The van der Waals surface area contributed by atoms with Crippen molar-refractivity contribution in [2.24, 2.45) is 0 Å². The number of nitrogens with zero attached hydrogens (tertiary/aromatic N) is 2. The average Bonchev–Trinajstić information content (AvgIpc) is 3.39. The number of halogens is 1. The van der Waals surface area contributed by atoms with Crippen LogP contribution in [0.3, 0.4) is 0 Å².